The Hall–Kier alpha value is -1.39. The molecule has 0 saturated heterocycles. The number of benzene rings is 1. The van der Waals surface area contributed by atoms with Crippen LogP contribution in [0.4, 0.5) is 18.9 Å². The summed E-state index contributed by atoms with van der Waals surface area (Å²) in [7, 11) is 1.36. The van der Waals surface area contributed by atoms with Gasteiger partial charge in [0.2, 0.25) is 0 Å². The summed E-state index contributed by atoms with van der Waals surface area (Å²) in [6.45, 7) is 0.607. The van der Waals surface area contributed by atoms with Crippen molar-refractivity contribution in [3.63, 3.8) is 0 Å². The van der Waals surface area contributed by atoms with Crippen molar-refractivity contribution in [3.8, 4) is 5.75 Å². The molecule has 0 unspecified atom stereocenters. The van der Waals surface area contributed by atoms with Gasteiger partial charge in [0.25, 0.3) is 0 Å². The summed E-state index contributed by atoms with van der Waals surface area (Å²) >= 11 is 0. The van der Waals surface area contributed by atoms with Crippen LogP contribution in [0.3, 0.4) is 0 Å². The van der Waals surface area contributed by atoms with Crippen LogP contribution in [0.1, 0.15) is 24.8 Å². The molecule has 0 atom stereocenters. The number of anilines is 1. The lowest BCUT2D eigenvalue weighted by Crippen LogP contribution is -2.22. The average molecular weight is 259 g/mol. The van der Waals surface area contributed by atoms with E-state index in [4.69, 9.17) is 4.74 Å². The molecule has 1 aromatic carbocycles. The summed E-state index contributed by atoms with van der Waals surface area (Å²) in [6, 6.07) is 4.00. The third-order valence-electron chi connectivity index (χ3n) is 3.34. The van der Waals surface area contributed by atoms with Gasteiger partial charge in [-0.3, -0.25) is 0 Å². The van der Waals surface area contributed by atoms with Gasteiger partial charge in [-0.05, 0) is 37.0 Å². The Labute approximate surface area is 104 Å². The van der Waals surface area contributed by atoms with Crippen molar-refractivity contribution in [2.24, 2.45) is 5.92 Å². The number of hydrogen-bond donors (Lipinski definition) is 1. The third kappa shape index (κ3) is 2.89. The van der Waals surface area contributed by atoms with Crippen LogP contribution in [0, 0.1) is 5.92 Å². The molecular formula is C13H16F3NO. The van der Waals surface area contributed by atoms with Crippen LogP contribution in [0.25, 0.3) is 0 Å². The normalized spacial score (nSPS) is 16.2. The molecule has 1 aliphatic rings. The minimum Gasteiger partial charge on any atom is -0.497 e. The minimum absolute atomic E-state index is 0.134. The fourth-order valence-corrected chi connectivity index (χ4v) is 1.99. The molecule has 0 spiro atoms. The number of nitrogens with one attached hydrogen (secondary N) is 1. The van der Waals surface area contributed by atoms with E-state index in [1.165, 1.54) is 19.6 Å². The number of hydrogen-bond acceptors (Lipinski definition) is 2. The van der Waals surface area contributed by atoms with Crippen molar-refractivity contribution in [3.05, 3.63) is 23.8 Å². The first-order valence-corrected chi connectivity index (χ1v) is 6.00. The lowest BCUT2D eigenvalue weighted by molar-refractivity contribution is -0.137. The van der Waals surface area contributed by atoms with Gasteiger partial charge in [0.05, 0.1) is 12.7 Å². The van der Waals surface area contributed by atoms with Gasteiger partial charge in [-0.25, -0.2) is 0 Å². The van der Waals surface area contributed by atoms with Crippen LogP contribution in [0.15, 0.2) is 18.2 Å². The molecule has 1 aromatic rings. The van der Waals surface area contributed by atoms with E-state index in [2.05, 4.69) is 5.32 Å². The molecule has 0 aliphatic heterocycles. The molecule has 18 heavy (non-hydrogen) atoms. The largest absolute Gasteiger partial charge is 0.497 e. The summed E-state index contributed by atoms with van der Waals surface area (Å²) in [5, 5.41) is 2.90. The Kier molecular flexibility index (Phi) is 3.68. The number of methoxy groups -OCH3 is 1. The molecule has 2 nitrogen and oxygen atoms in total. The Morgan fingerprint density at radius 1 is 1.33 bits per heavy atom. The molecule has 1 fully saturated rings. The van der Waals surface area contributed by atoms with E-state index < -0.39 is 11.7 Å². The first kappa shape index (κ1) is 13.1. The molecule has 0 amide bonds. The molecule has 2 rings (SSSR count). The molecule has 1 N–H and O–H groups in total. The number of ether oxygens (including phenoxy) is 1. The van der Waals surface area contributed by atoms with Crippen LogP contribution >= 0.6 is 0 Å². The fourth-order valence-electron chi connectivity index (χ4n) is 1.99. The standard InChI is InChI=1S/C13H16F3NO/c1-18-10-5-6-12(11(7-10)13(14,15)16)17-8-9-3-2-4-9/h5-7,9,17H,2-4,8H2,1H3. The van der Waals surface area contributed by atoms with E-state index in [1.807, 2.05) is 0 Å². The second-order valence-corrected chi connectivity index (χ2v) is 4.59. The van der Waals surface area contributed by atoms with E-state index in [1.54, 1.807) is 6.07 Å². The van der Waals surface area contributed by atoms with Gasteiger partial charge in [-0.1, -0.05) is 6.42 Å². The van der Waals surface area contributed by atoms with Gasteiger partial charge in [0.15, 0.2) is 0 Å². The smallest absolute Gasteiger partial charge is 0.418 e. The highest BCUT2D eigenvalue weighted by Crippen LogP contribution is 2.37. The number of rotatable bonds is 4. The summed E-state index contributed by atoms with van der Waals surface area (Å²) in [6.07, 6.45) is -0.980. The SMILES string of the molecule is COc1ccc(NCC2CCC2)c(C(F)(F)F)c1. The van der Waals surface area contributed by atoms with Crippen LogP contribution < -0.4 is 10.1 Å². The molecule has 100 valence electrons. The summed E-state index contributed by atoms with van der Waals surface area (Å²) in [4.78, 5) is 0. The van der Waals surface area contributed by atoms with Crippen LogP contribution in [0.2, 0.25) is 0 Å². The maximum Gasteiger partial charge on any atom is 0.418 e. The van der Waals surface area contributed by atoms with Crippen LogP contribution in [0.5, 0.6) is 5.75 Å². The van der Waals surface area contributed by atoms with E-state index in [-0.39, 0.29) is 11.4 Å². The van der Waals surface area contributed by atoms with Crippen molar-refractivity contribution in [1.82, 2.24) is 0 Å². The van der Waals surface area contributed by atoms with Crippen molar-refractivity contribution in [2.75, 3.05) is 19.0 Å². The van der Waals surface area contributed by atoms with Crippen LogP contribution in [-0.4, -0.2) is 13.7 Å². The lowest BCUT2D eigenvalue weighted by atomic mass is 9.85. The summed E-state index contributed by atoms with van der Waals surface area (Å²) in [5.74, 6) is 0.727. The van der Waals surface area contributed by atoms with E-state index >= 15 is 0 Å². The maximum absolute atomic E-state index is 12.9. The number of halogens is 3. The molecule has 0 radical (unpaired) electrons. The highest BCUT2D eigenvalue weighted by atomic mass is 19.4. The molecule has 0 aromatic heterocycles. The van der Waals surface area contributed by atoms with E-state index in [0.717, 1.165) is 18.9 Å². The van der Waals surface area contributed by atoms with Crippen molar-refractivity contribution in [2.45, 2.75) is 25.4 Å². The second-order valence-electron chi connectivity index (χ2n) is 4.59. The molecule has 0 heterocycles. The highest BCUT2D eigenvalue weighted by Gasteiger charge is 2.34. The molecule has 0 bridgehead atoms. The van der Waals surface area contributed by atoms with Gasteiger partial charge in [-0.15, -0.1) is 0 Å². The van der Waals surface area contributed by atoms with Crippen LogP contribution in [-0.2, 0) is 6.18 Å². The molecule has 1 saturated carbocycles. The monoisotopic (exact) mass is 259 g/mol. The predicted octanol–water partition coefficient (Wildman–Crippen LogP) is 3.93. The Morgan fingerprint density at radius 2 is 2.06 bits per heavy atom. The molecule has 5 heteroatoms. The average Bonchev–Trinajstić information content (AvgIpc) is 2.26. The number of alkyl halides is 3. The maximum atomic E-state index is 12.9. The fraction of sp³-hybridized carbons (Fsp3) is 0.538. The first-order chi connectivity index (χ1) is 8.50. The van der Waals surface area contributed by atoms with Gasteiger partial charge in [-0.2, -0.15) is 13.2 Å². The second kappa shape index (κ2) is 5.08. The predicted molar refractivity (Wildman–Crippen MR) is 63.8 cm³/mol. The van der Waals surface area contributed by atoms with E-state index in [0.29, 0.717) is 12.5 Å². The topological polar surface area (TPSA) is 21.3 Å². The van der Waals surface area contributed by atoms with Gasteiger partial charge < -0.3 is 10.1 Å². The molecular weight excluding hydrogens is 243 g/mol. The Morgan fingerprint density at radius 3 is 2.56 bits per heavy atom. The van der Waals surface area contributed by atoms with Crippen molar-refractivity contribution in [1.29, 1.82) is 0 Å². The van der Waals surface area contributed by atoms with Gasteiger partial charge in [0.1, 0.15) is 5.75 Å². The Bertz CT molecular complexity index is 413. The third-order valence-corrected chi connectivity index (χ3v) is 3.34. The summed E-state index contributed by atoms with van der Waals surface area (Å²) < 4.78 is 43.5. The quantitative estimate of drug-likeness (QED) is 0.884. The molecule has 1 aliphatic carbocycles. The van der Waals surface area contributed by atoms with Crippen molar-refractivity contribution < 1.29 is 17.9 Å². The first-order valence-electron chi connectivity index (χ1n) is 6.00. The van der Waals surface area contributed by atoms with Gasteiger partial charge in [0, 0.05) is 12.2 Å². The zero-order valence-electron chi connectivity index (χ0n) is 10.2. The summed E-state index contributed by atoms with van der Waals surface area (Å²) in [5.41, 5.74) is -0.531. The highest BCUT2D eigenvalue weighted by molar-refractivity contribution is 5.55. The Balaban J connectivity index is 2.16. The van der Waals surface area contributed by atoms with Crippen molar-refractivity contribution >= 4 is 5.69 Å². The lowest BCUT2D eigenvalue weighted by Gasteiger charge is -2.26. The van der Waals surface area contributed by atoms with Gasteiger partial charge >= 0.3 is 6.18 Å². The van der Waals surface area contributed by atoms with E-state index in [9.17, 15) is 13.2 Å². The zero-order valence-corrected chi connectivity index (χ0v) is 10.2. The zero-order chi connectivity index (χ0) is 13.2. The minimum atomic E-state index is -4.36.